The zero-order chi connectivity index (χ0) is 21.0. The first-order chi connectivity index (χ1) is 13.8. The number of hydrogen-bond donors (Lipinski definition) is 1. The Bertz CT molecular complexity index is 1030. The Morgan fingerprint density at radius 1 is 1.07 bits per heavy atom. The van der Waals surface area contributed by atoms with Crippen LogP contribution in [0.4, 0.5) is 5.69 Å². The molecule has 1 aromatic heterocycles. The third kappa shape index (κ3) is 5.45. The van der Waals surface area contributed by atoms with Crippen molar-refractivity contribution in [3.05, 3.63) is 64.5 Å². The maximum Gasteiger partial charge on any atom is 0.306 e. The highest BCUT2D eigenvalue weighted by Gasteiger charge is 2.16. The molecule has 3 rings (SSSR count). The number of esters is 1. The molecule has 4 nitrogen and oxygen atoms in total. The minimum Gasteiger partial charge on any atom is -0.466 e. The van der Waals surface area contributed by atoms with E-state index >= 15 is 0 Å². The highest BCUT2D eigenvalue weighted by molar-refractivity contribution is 7.19. The predicted molar refractivity (Wildman–Crippen MR) is 120 cm³/mol. The second-order valence-corrected chi connectivity index (χ2v) is 9.22. The average molecular weight is 410 g/mol. The van der Waals surface area contributed by atoms with Crippen LogP contribution in [0.2, 0.25) is 0 Å². The van der Waals surface area contributed by atoms with E-state index in [9.17, 15) is 9.59 Å². The quantitative estimate of drug-likeness (QED) is 0.512. The molecule has 0 atom stereocenters. The van der Waals surface area contributed by atoms with Gasteiger partial charge in [-0.2, -0.15) is 0 Å². The van der Waals surface area contributed by atoms with Crippen molar-refractivity contribution in [3.63, 3.8) is 0 Å². The number of carbonyl (C=O) groups excluding carboxylic acids is 2. The molecular formula is C24H27NO3S. The number of thiophene rings is 1. The molecule has 152 valence electrons. The maximum atomic E-state index is 12.7. The zero-order valence-corrected chi connectivity index (χ0v) is 18.2. The Kier molecular flexibility index (Phi) is 6.38. The molecule has 1 amide bonds. The summed E-state index contributed by atoms with van der Waals surface area (Å²) in [6.45, 7) is 8.62. The van der Waals surface area contributed by atoms with Crippen LogP contribution in [0.3, 0.4) is 0 Å². The molecule has 3 aromatic rings. The van der Waals surface area contributed by atoms with Gasteiger partial charge in [0.1, 0.15) is 0 Å². The normalized spacial score (nSPS) is 11.4. The van der Waals surface area contributed by atoms with Gasteiger partial charge in [-0.05, 0) is 66.1 Å². The molecule has 2 aromatic carbocycles. The van der Waals surface area contributed by atoms with Crippen molar-refractivity contribution >= 4 is 39.0 Å². The smallest absolute Gasteiger partial charge is 0.306 e. The lowest BCUT2D eigenvalue weighted by Crippen LogP contribution is -2.15. The van der Waals surface area contributed by atoms with E-state index < -0.39 is 0 Å². The summed E-state index contributed by atoms with van der Waals surface area (Å²) in [5.41, 5.74) is 2.53. The van der Waals surface area contributed by atoms with Gasteiger partial charge in [0.25, 0.3) is 5.91 Å². The van der Waals surface area contributed by atoms with E-state index in [2.05, 4.69) is 32.2 Å². The monoisotopic (exact) mass is 409 g/mol. The molecule has 1 heterocycles. The first kappa shape index (κ1) is 21.1. The van der Waals surface area contributed by atoms with Crippen molar-refractivity contribution in [3.8, 4) is 0 Å². The van der Waals surface area contributed by atoms with Gasteiger partial charge in [-0.1, -0.05) is 32.9 Å². The number of hydrogen-bond acceptors (Lipinski definition) is 4. The minimum atomic E-state index is -0.171. The van der Waals surface area contributed by atoms with Crippen molar-refractivity contribution < 1.29 is 14.3 Å². The fourth-order valence-corrected chi connectivity index (χ4v) is 4.13. The lowest BCUT2D eigenvalue weighted by Gasteiger charge is -2.19. The molecule has 0 saturated carbocycles. The number of benzene rings is 2. The molecule has 0 bridgehead atoms. The Morgan fingerprint density at radius 3 is 2.59 bits per heavy atom. The molecule has 0 saturated heterocycles. The van der Waals surface area contributed by atoms with Crippen LogP contribution in [0.25, 0.3) is 10.1 Å². The lowest BCUT2D eigenvalue weighted by molar-refractivity contribution is -0.143. The number of nitrogens with one attached hydrogen (secondary N) is 1. The van der Waals surface area contributed by atoms with Crippen LogP contribution in [-0.4, -0.2) is 18.5 Å². The molecule has 0 spiro atoms. The summed E-state index contributed by atoms with van der Waals surface area (Å²) >= 11 is 1.67. The fraction of sp³-hybridized carbons (Fsp3) is 0.333. The van der Waals surface area contributed by atoms with Crippen LogP contribution < -0.4 is 5.32 Å². The van der Waals surface area contributed by atoms with E-state index in [0.717, 1.165) is 26.2 Å². The van der Waals surface area contributed by atoms with Gasteiger partial charge in [-0.3, -0.25) is 9.59 Å². The second kappa shape index (κ2) is 8.78. The Hall–Kier alpha value is -2.66. The summed E-state index contributed by atoms with van der Waals surface area (Å²) in [6, 6.07) is 15.7. The van der Waals surface area contributed by atoms with Crippen LogP contribution in [-0.2, 0) is 21.4 Å². The van der Waals surface area contributed by atoms with E-state index in [1.165, 1.54) is 0 Å². The van der Waals surface area contributed by atoms with Crippen LogP contribution in [0.5, 0.6) is 0 Å². The van der Waals surface area contributed by atoms with Crippen molar-refractivity contribution in [2.75, 3.05) is 11.9 Å². The van der Waals surface area contributed by atoms with Crippen molar-refractivity contribution in [1.29, 1.82) is 0 Å². The van der Waals surface area contributed by atoms with E-state index in [-0.39, 0.29) is 17.3 Å². The van der Waals surface area contributed by atoms with Crippen LogP contribution in [0.1, 0.15) is 54.9 Å². The number of fused-ring (bicyclic) bond motifs is 1. The standard InChI is InChI=1S/C24H27NO3S/c1-5-28-22(26)12-10-20-15-17-14-19(9-11-21(17)29-20)25-23(27)16-7-6-8-18(13-16)24(2,3)4/h6-9,11,13-15H,5,10,12H2,1-4H3,(H,25,27). The van der Waals surface area contributed by atoms with Crippen LogP contribution in [0, 0.1) is 0 Å². The van der Waals surface area contributed by atoms with Gasteiger partial charge in [0.05, 0.1) is 13.0 Å². The largest absolute Gasteiger partial charge is 0.466 e. The predicted octanol–water partition coefficient (Wildman–Crippen LogP) is 5.95. The summed E-state index contributed by atoms with van der Waals surface area (Å²) in [7, 11) is 0. The molecule has 0 radical (unpaired) electrons. The third-order valence-corrected chi connectivity index (χ3v) is 5.87. The van der Waals surface area contributed by atoms with Gasteiger partial charge in [0, 0.05) is 20.8 Å². The number of amides is 1. The number of ether oxygens (including phenoxy) is 1. The topological polar surface area (TPSA) is 55.4 Å². The summed E-state index contributed by atoms with van der Waals surface area (Å²) < 4.78 is 6.13. The number of carbonyl (C=O) groups is 2. The summed E-state index contributed by atoms with van der Waals surface area (Å²) in [6.07, 6.45) is 1.05. The van der Waals surface area contributed by atoms with E-state index in [4.69, 9.17) is 4.74 Å². The average Bonchev–Trinajstić information content (AvgIpc) is 3.08. The summed E-state index contributed by atoms with van der Waals surface area (Å²) in [5, 5.41) is 4.06. The molecule has 0 aliphatic rings. The zero-order valence-electron chi connectivity index (χ0n) is 17.4. The lowest BCUT2D eigenvalue weighted by atomic mass is 9.86. The minimum absolute atomic E-state index is 0.00810. The van der Waals surface area contributed by atoms with Gasteiger partial charge in [-0.25, -0.2) is 0 Å². The van der Waals surface area contributed by atoms with Gasteiger partial charge in [0.15, 0.2) is 0 Å². The molecule has 0 aliphatic heterocycles. The van der Waals surface area contributed by atoms with Gasteiger partial charge >= 0.3 is 5.97 Å². The first-order valence-electron chi connectivity index (χ1n) is 9.86. The Balaban J connectivity index is 1.72. The van der Waals surface area contributed by atoms with Crippen molar-refractivity contribution in [2.24, 2.45) is 0 Å². The number of anilines is 1. The van der Waals surface area contributed by atoms with Gasteiger partial charge in [-0.15, -0.1) is 11.3 Å². The van der Waals surface area contributed by atoms with E-state index in [0.29, 0.717) is 25.0 Å². The van der Waals surface area contributed by atoms with E-state index in [1.54, 1.807) is 11.3 Å². The summed E-state index contributed by atoms with van der Waals surface area (Å²) in [4.78, 5) is 25.4. The highest BCUT2D eigenvalue weighted by atomic mass is 32.1. The van der Waals surface area contributed by atoms with Crippen LogP contribution in [0.15, 0.2) is 48.5 Å². The number of aryl methyl sites for hydroxylation is 1. The van der Waals surface area contributed by atoms with Crippen molar-refractivity contribution in [2.45, 2.75) is 46.0 Å². The van der Waals surface area contributed by atoms with Crippen LogP contribution >= 0.6 is 11.3 Å². The summed E-state index contributed by atoms with van der Waals surface area (Å²) in [5.74, 6) is -0.288. The molecule has 0 fully saturated rings. The number of rotatable bonds is 6. The van der Waals surface area contributed by atoms with E-state index in [1.807, 2.05) is 49.4 Å². The molecule has 0 unspecified atom stereocenters. The van der Waals surface area contributed by atoms with Gasteiger partial charge < -0.3 is 10.1 Å². The molecule has 1 N–H and O–H groups in total. The fourth-order valence-electron chi connectivity index (χ4n) is 3.09. The molecular weight excluding hydrogens is 382 g/mol. The Morgan fingerprint density at radius 2 is 1.86 bits per heavy atom. The maximum absolute atomic E-state index is 12.7. The molecule has 29 heavy (non-hydrogen) atoms. The molecule has 0 aliphatic carbocycles. The van der Waals surface area contributed by atoms with Gasteiger partial charge in [0.2, 0.25) is 0 Å². The third-order valence-electron chi connectivity index (χ3n) is 4.70. The molecule has 5 heteroatoms. The highest BCUT2D eigenvalue weighted by Crippen LogP contribution is 2.29. The van der Waals surface area contributed by atoms with Crippen molar-refractivity contribution in [1.82, 2.24) is 0 Å². The second-order valence-electron chi connectivity index (χ2n) is 8.06. The Labute approximate surface area is 175 Å². The SMILES string of the molecule is CCOC(=O)CCc1cc2cc(NC(=O)c3cccc(C(C)(C)C)c3)ccc2s1. The first-order valence-corrected chi connectivity index (χ1v) is 10.7.